The smallest absolute Gasteiger partial charge is 0.158 e. The van der Waals surface area contributed by atoms with E-state index in [1.54, 1.807) is 0 Å². The van der Waals surface area contributed by atoms with E-state index in [-0.39, 0.29) is 0 Å². The van der Waals surface area contributed by atoms with E-state index < -0.39 is 0 Å². The van der Waals surface area contributed by atoms with Gasteiger partial charge in [0.15, 0.2) is 5.82 Å². The van der Waals surface area contributed by atoms with Crippen molar-refractivity contribution >= 4 is 11.6 Å². The largest absolute Gasteiger partial charge is 0.380 e. The Morgan fingerprint density at radius 2 is 2.32 bits per heavy atom. The molecule has 19 heavy (non-hydrogen) atoms. The van der Waals surface area contributed by atoms with E-state index in [0.717, 1.165) is 38.5 Å². The molecular formula is C12H21N5O2. The lowest BCUT2D eigenvalue weighted by Crippen LogP contribution is -2.27. The van der Waals surface area contributed by atoms with Gasteiger partial charge in [-0.3, -0.25) is 0 Å². The Bertz CT molecular complexity index is 394. The first-order valence-corrected chi connectivity index (χ1v) is 6.58. The fraction of sp³-hybridized carbons (Fsp3) is 0.667. The monoisotopic (exact) mass is 267 g/mol. The molecule has 0 aliphatic carbocycles. The molecule has 0 unspecified atom stereocenters. The zero-order chi connectivity index (χ0) is 13.5. The topological polar surface area (TPSA) is 85.5 Å². The lowest BCUT2D eigenvalue weighted by atomic mass is 10.3. The van der Waals surface area contributed by atoms with Gasteiger partial charge < -0.3 is 19.8 Å². The van der Waals surface area contributed by atoms with Gasteiger partial charge in [-0.2, -0.15) is 0 Å². The highest BCUT2D eigenvalue weighted by Crippen LogP contribution is 2.17. The van der Waals surface area contributed by atoms with Crippen molar-refractivity contribution in [1.82, 2.24) is 9.97 Å². The van der Waals surface area contributed by atoms with Crippen LogP contribution in [0.2, 0.25) is 0 Å². The summed E-state index contributed by atoms with van der Waals surface area (Å²) in [6, 6.07) is 1.85. The van der Waals surface area contributed by atoms with Crippen LogP contribution in [0.25, 0.3) is 0 Å². The highest BCUT2D eigenvalue weighted by molar-refractivity contribution is 5.48. The zero-order valence-electron chi connectivity index (χ0n) is 11.3. The second-order valence-corrected chi connectivity index (χ2v) is 4.26. The van der Waals surface area contributed by atoms with Crippen LogP contribution < -0.4 is 16.2 Å². The molecule has 2 heterocycles. The van der Waals surface area contributed by atoms with Crippen LogP contribution in [0, 0.1) is 0 Å². The number of anilines is 2. The van der Waals surface area contributed by atoms with Crippen molar-refractivity contribution in [2.45, 2.75) is 20.0 Å². The minimum atomic E-state index is 0.392. The summed E-state index contributed by atoms with van der Waals surface area (Å²) in [6.07, 6.45) is 0.996. The Kier molecular flexibility index (Phi) is 5.31. The van der Waals surface area contributed by atoms with E-state index in [2.05, 4.69) is 20.3 Å². The highest BCUT2D eigenvalue weighted by atomic mass is 16.5. The molecule has 7 nitrogen and oxygen atoms in total. The van der Waals surface area contributed by atoms with E-state index in [0.29, 0.717) is 24.9 Å². The van der Waals surface area contributed by atoms with E-state index >= 15 is 0 Å². The molecule has 3 N–H and O–H groups in total. The average molecular weight is 267 g/mol. The number of nitrogen functional groups attached to an aromatic ring is 1. The number of nitrogens with two attached hydrogens (primary N) is 1. The molecule has 0 bridgehead atoms. The second-order valence-electron chi connectivity index (χ2n) is 4.26. The van der Waals surface area contributed by atoms with Crippen molar-refractivity contribution < 1.29 is 9.47 Å². The summed E-state index contributed by atoms with van der Waals surface area (Å²) in [5, 5.41) is 0. The Morgan fingerprint density at radius 3 is 3.11 bits per heavy atom. The Hall–Kier alpha value is -1.44. The van der Waals surface area contributed by atoms with E-state index in [9.17, 15) is 0 Å². The summed E-state index contributed by atoms with van der Waals surface area (Å²) >= 11 is 0. The molecule has 0 spiro atoms. The van der Waals surface area contributed by atoms with Gasteiger partial charge in [0.1, 0.15) is 18.2 Å². The molecule has 0 atom stereocenters. The fourth-order valence-electron chi connectivity index (χ4n) is 1.95. The number of hydrazine groups is 1. The molecule has 0 amide bonds. The Balaban J connectivity index is 2.17. The van der Waals surface area contributed by atoms with Gasteiger partial charge in [-0.05, 0) is 13.3 Å². The first-order chi connectivity index (χ1) is 9.33. The molecule has 7 heteroatoms. The molecule has 1 fully saturated rings. The lowest BCUT2D eigenvalue weighted by Gasteiger charge is -2.21. The van der Waals surface area contributed by atoms with Gasteiger partial charge >= 0.3 is 0 Å². The lowest BCUT2D eigenvalue weighted by molar-refractivity contribution is 0.128. The van der Waals surface area contributed by atoms with Crippen molar-refractivity contribution in [1.29, 1.82) is 0 Å². The van der Waals surface area contributed by atoms with Crippen LogP contribution >= 0.6 is 0 Å². The van der Waals surface area contributed by atoms with Gasteiger partial charge in [0.25, 0.3) is 0 Å². The van der Waals surface area contributed by atoms with Crippen LogP contribution in [0.5, 0.6) is 0 Å². The molecule has 106 valence electrons. The molecular weight excluding hydrogens is 246 g/mol. The molecule has 1 aliphatic heterocycles. The van der Waals surface area contributed by atoms with E-state index in [4.69, 9.17) is 15.3 Å². The van der Waals surface area contributed by atoms with Crippen LogP contribution in [0.3, 0.4) is 0 Å². The molecule has 1 aromatic heterocycles. The molecule has 1 saturated heterocycles. The van der Waals surface area contributed by atoms with Crippen LogP contribution in [-0.4, -0.2) is 42.9 Å². The summed E-state index contributed by atoms with van der Waals surface area (Å²) in [5.41, 5.74) is 2.57. The predicted octanol–water partition coefficient (Wildman–Crippen LogP) is 0.525. The molecule has 1 aromatic rings. The fourth-order valence-corrected chi connectivity index (χ4v) is 1.95. The normalized spacial score (nSPS) is 16.2. The third-order valence-corrected chi connectivity index (χ3v) is 2.89. The standard InChI is InChI=1S/C12H21N5O2/c1-2-18-9-11-14-10(16-13)8-12(15-11)17-4-3-6-19-7-5-17/h8H,2-7,9,13H2,1H3,(H,14,15,16). The molecule has 1 aliphatic rings. The van der Waals surface area contributed by atoms with Gasteiger partial charge in [0.2, 0.25) is 0 Å². The van der Waals surface area contributed by atoms with Gasteiger partial charge in [-0.25, -0.2) is 15.8 Å². The summed E-state index contributed by atoms with van der Waals surface area (Å²) in [4.78, 5) is 11.0. The Labute approximate surface area is 113 Å². The van der Waals surface area contributed by atoms with Crippen LogP contribution in [0.15, 0.2) is 6.07 Å². The first kappa shape index (κ1) is 14.0. The number of nitrogens with zero attached hydrogens (tertiary/aromatic N) is 3. The summed E-state index contributed by atoms with van der Waals surface area (Å²) in [6.45, 7) is 6.24. The predicted molar refractivity (Wildman–Crippen MR) is 72.8 cm³/mol. The van der Waals surface area contributed by atoms with Crippen molar-refractivity contribution in [2.75, 3.05) is 43.2 Å². The maximum absolute atomic E-state index is 5.45. The summed E-state index contributed by atoms with van der Waals surface area (Å²) < 4.78 is 10.8. The van der Waals surface area contributed by atoms with E-state index in [1.165, 1.54) is 0 Å². The third kappa shape index (κ3) is 4.02. The SMILES string of the molecule is CCOCc1nc(NN)cc(N2CCCOCC2)n1. The highest BCUT2D eigenvalue weighted by Gasteiger charge is 2.13. The van der Waals surface area contributed by atoms with Gasteiger partial charge in [-0.15, -0.1) is 0 Å². The zero-order valence-corrected chi connectivity index (χ0v) is 11.3. The van der Waals surface area contributed by atoms with Gasteiger partial charge in [0, 0.05) is 32.4 Å². The van der Waals surface area contributed by atoms with Crippen molar-refractivity contribution in [2.24, 2.45) is 5.84 Å². The van der Waals surface area contributed by atoms with Crippen molar-refractivity contribution in [3.8, 4) is 0 Å². The summed E-state index contributed by atoms with van der Waals surface area (Å²) in [5.74, 6) is 7.55. The molecule has 0 radical (unpaired) electrons. The number of hydrogen-bond acceptors (Lipinski definition) is 7. The number of rotatable bonds is 5. The third-order valence-electron chi connectivity index (χ3n) is 2.89. The molecule has 2 rings (SSSR count). The minimum Gasteiger partial charge on any atom is -0.380 e. The maximum Gasteiger partial charge on any atom is 0.158 e. The summed E-state index contributed by atoms with van der Waals surface area (Å²) in [7, 11) is 0. The maximum atomic E-state index is 5.45. The van der Waals surface area contributed by atoms with Crippen LogP contribution in [0.4, 0.5) is 11.6 Å². The second kappa shape index (κ2) is 7.22. The Morgan fingerprint density at radius 1 is 1.42 bits per heavy atom. The molecule has 0 aromatic carbocycles. The van der Waals surface area contributed by atoms with Crippen LogP contribution in [0.1, 0.15) is 19.2 Å². The van der Waals surface area contributed by atoms with Crippen molar-refractivity contribution in [3.05, 3.63) is 11.9 Å². The molecule has 0 saturated carbocycles. The van der Waals surface area contributed by atoms with Gasteiger partial charge in [-0.1, -0.05) is 0 Å². The average Bonchev–Trinajstić information content (AvgIpc) is 2.73. The quantitative estimate of drug-likeness (QED) is 0.594. The minimum absolute atomic E-state index is 0.392. The first-order valence-electron chi connectivity index (χ1n) is 6.58. The number of aromatic nitrogens is 2. The van der Waals surface area contributed by atoms with E-state index in [1.807, 2.05) is 13.0 Å². The van der Waals surface area contributed by atoms with Crippen LogP contribution in [-0.2, 0) is 16.1 Å². The number of hydrogen-bond donors (Lipinski definition) is 2. The van der Waals surface area contributed by atoms with Crippen molar-refractivity contribution in [3.63, 3.8) is 0 Å². The number of nitrogens with one attached hydrogen (secondary N) is 1. The van der Waals surface area contributed by atoms with Gasteiger partial charge in [0.05, 0.1) is 6.61 Å². The number of ether oxygens (including phenoxy) is 2.